The monoisotopic (exact) mass is 432 g/mol. The molecule has 1 fully saturated rings. The Balaban J connectivity index is 0.000000439. The number of aliphatic imine (C=N–C) groups is 1. The van der Waals surface area contributed by atoms with Crippen molar-refractivity contribution in [2.24, 2.45) is 10.9 Å². The second-order valence-corrected chi connectivity index (χ2v) is 9.50. The second-order valence-electron chi connectivity index (χ2n) is 9.50. The average Bonchev–Trinajstić information content (AvgIpc) is 2.79. The lowest BCUT2D eigenvalue weighted by Crippen LogP contribution is -2.27. The molecule has 1 saturated carbocycles. The van der Waals surface area contributed by atoms with Crippen molar-refractivity contribution in [1.29, 1.82) is 0 Å². The molecule has 1 aromatic carbocycles. The van der Waals surface area contributed by atoms with Crippen molar-refractivity contribution in [2.75, 3.05) is 0 Å². The van der Waals surface area contributed by atoms with Gasteiger partial charge in [0.2, 0.25) is 0 Å². The second kappa shape index (κ2) is 13.9. The van der Waals surface area contributed by atoms with Crippen LogP contribution in [0.2, 0.25) is 0 Å². The molecule has 0 aromatic heterocycles. The number of hydrogen-bond acceptors (Lipinski definition) is 2. The number of hydrogen-bond donors (Lipinski definition) is 1. The molecule has 0 radical (unpaired) electrons. The van der Waals surface area contributed by atoms with E-state index in [2.05, 4.69) is 80.7 Å². The number of aryl methyl sites for hydroxylation is 1. The van der Waals surface area contributed by atoms with Crippen LogP contribution in [-0.4, -0.2) is 12.3 Å². The Morgan fingerprint density at radius 1 is 1.19 bits per heavy atom. The van der Waals surface area contributed by atoms with Gasteiger partial charge in [-0.1, -0.05) is 95.0 Å². The minimum atomic E-state index is 0.409. The molecule has 2 aliphatic rings. The van der Waals surface area contributed by atoms with E-state index in [9.17, 15) is 0 Å². The maximum atomic E-state index is 4.29. The largest absolute Gasteiger partial charge is 0.382 e. The molecule has 0 aliphatic heterocycles. The van der Waals surface area contributed by atoms with Gasteiger partial charge in [0.15, 0.2) is 0 Å². The molecular formula is C30H44N2. The van der Waals surface area contributed by atoms with E-state index in [1.165, 1.54) is 49.7 Å². The minimum Gasteiger partial charge on any atom is -0.382 e. The summed E-state index contributed by atoms with van der Waals surface area (Å²) in [7, 11) is 0. The number of nitrogens with one attached hydrogen (secondary N) is 1. The van der Waals surface area contributed by atoms with Crippen LogP contribution in [0.4, 0.5) is 0 Å². The predicted molar refractivity (Wildman–Crippen MR) is 143 cm³/mol. The van der Waals surface area contributed by atoms with Crippen molar-refractivity contribution in [3.63, 3.8) is 0 Å². The van der Waals surface area contributed by atoms with Crippen LogP contribution in [0.1, 0.15) is 95.2 Å². The fourth-order valence-electron chi connectivity index (χ4n) is 4.23. The smallest absolute Gasteiger partial charge is 0.0345 e. The third-order valence-corrected chi connectivity index (χ3v) is 6.36. The summed E-state index contributed by atoms with van der Waals surface area (Å²) in [6, 6.07) is 6.78. The normalized spacial score (nSPS) is 17.3. The van der Waals surface area contributed by atoms with Crippen LogP contribution in [0, 0.1) is 12.8 Å². The van der Waals surface area contributed by atoms with E-state index in [0.717, 1.165) is 47.7 Å². The molecule has 3 rings (SSSR count). The third-order valence-electron chi connectivity index (χ3n) is 6.36. The van der Waals surface area contributed by atoms with Gasteiger partial charge in [-0.05, 0) is 68.2 Å². The summed E-state index contributed by atoms with van der Waals surface area (Å²) < 4.78 is 0. The number of rotatable bonds is 8. The first-order chi connectivity index (χ1) is 15.4. The van der Waals surface area contributed by atoms with Crippen molar-refractivity contribution >= 4 is 11.9 Å². The van der Waals surface area contributed by atoms with Crippen LogP contribution in [0.25, 0.3) is 5.70 Å². The first kappa shape index (κ1) is 25.9. The summed E-state index contributed by atoms with van der Waals surface area (Å²) in [4.78, 5) is 4.29. The Morgan fingerprint density at radius 3 is 2.47 bits per heavy atom. The number of allylic oxidation sites excluding steroid dienone is 4. The van der Waals surface area contributed by atoms with Crippen molar-refractivity contribution in [3.8, 4) is 0 Å². The van der Waals surface area contributed by atoms with Gasteiger partial charge in [-0.3, -0.25) is 4.99 Å². The van der Waals surface area contributed by atoms with Crippen molar-refractivity contribution in [3.05, 3.63) is 77.5 Å². The van der Waals surface area contributed by atoms with Gasteiger partial charge in [0.25, 0.3) is 0 Å². The molecule has 0 amide bonds. The molecule has 1 unspecified atom stereocenters. The van der Waals surface area contributed by atoms with E-state index in [4.69, 9.17) is 0 Å². The summed E-state index contributed by atoms with van der Waals surface area (Å²) in [5.74, 6) is 1.04. The summed E-state index contributed by atoms with van der Waals surface area (Å²) >= 11 is 0. The molecule has 1 atom stereocenters. The van der Waals surface area contributed by atoms with Gasteiger partial charge in [-0.2, -0.15) is 0 Å². The van der Waals surface area contributed by atoms with Gasteiger partial charge in [0, 0.05) is 23.7 Å². The molecule has 0 heterocycles. The fourth-order valence-corrected chi connectivity index (χ4v) is 4.23. The molecule has 0 saturated heterocycles. The molecule has 1 N–H and O–H groups in total. The summed E-state index contributed by atoms with van der Waals surface area (Å²) in [5, 5.41) is 3.61. The summed E-state index contributed by atoms with van der Waals surface area (Å²) in [6.45, 7) is 16.6. The van der Waals surface area contributed by atoms with E-state index >= 15 is 0 Å². The molecule has 1 aromatic rings. The molecule has 2 nitrogen and oxygen atoms in total. The van der Waals surface area contributed by atoms with Crippen LogP contribution in [0.3, 0.4) is 0 Å². The van der Waals surface area contributed by atoms with Crippen molar-refractivity contribution < 1.29 is 0 Å². The van der Waals surface area contributed by atoms with Crippen LogP contribution in [-0.2, 0) is 0 Å². The average molecular weight is 433 g/mol. The minimum absolute atomic E-state index is 0.409. The Labute approximate surface area is 197 Å². The van der Waals surface area contributed by atoms with Gasteiger partial charge < -0.3 is 5.32 Å². The lowest BCUT2D eigenvalue weighted by molar-refractivity contribution is 0.385. The first-order valence-electron chi connectivity index (χ1n) is 12.5. The van der Waals surface area contributed by atoms with Crippen molar-refractivity contribution in [2.45, 2.75) is 91.5 Å². The Hall–Kier alpha value is -2.35. The highest BCUT2D eigenvalue weighted by Gasteiger charge is 2.11. The van der Waals surface area contributed by atoms with Gasteiger partial charge in [0.1, 0.15) is 0 Å². The van der Waals surface area contributed by atoms with Crippen molar-refractivity contribution in [1.82, 2.24) is 5.32 Å². The molecular weight excluding hydrogens is 388 g/mol. The molecule has 174 valence electrons. The lowest BCUT2D eigenvalue weighted by atomic mass is 9.91. The molecule has 0 bridgehead atoms. The zero-order valence-electron chi connectivity index (χ0n) is 20.9. The zero-order valence-corrected chi connectivity index (χ0v) is 20.9. The maximum absolute atomic E-state index is 4.29. The maximum Gasteiger partial charge on any atom is 0.0345 e. The summed E-state index contributed by atoms with van der Waals surface area (Å²) in [6.07, 6.45) is 20.6. The van der Waals surface area contributed by atoms with Crippen LogP contribution in [0.15, 0.2) is 65.8 Å². The Bertz CT molecular complexity index is 834. The highest BCUT2D eigenvalue weighted by atomic mass is 14.9. The zero-order chi connectivity index (χ0) is 23.3. The van der Waals surface area contributed by atoms with E-state index in [1.807, 2.05) is 13.1 Å². The topological polar surface area (TPSA) is 24.4 Å². The standard InChI is InChI=1S/C23H30N2.C7H14/c1-6-23(15-20-10-8-7-9-11-20)25-19(5)21-12-13-22(18(4)14-21)16-24-17(2)3;1-7-5-3-2-4-6-7/h8,10-14,16,23,25H,2,5-7,9,15H2,1,3-4H3;7H,2-6H2,1H3. The van der Waals surface area contributed by atoms with Gasteiger partial charge in [0.05, 0.1) is 0 Å². The molecule has 2 aliphatic carbocycles. The molecule has 32 heavy (non-hydrogen) atoms. The highest BCUT2D eigenvalue weighted by molar-refractivity contribution is 5.83. The van der Waals surface area contributed by atoms with Crippen LogP contribution in [0.5, 0.6) is 0 Å². The Kier molecular flexibility index (Phi) is 11.3. The SMILES string of the molecule is C=C(C)N=Cc1ccc(C(=C)NC(CC)CC2=CCCC=C2)cc1C.CC1CCCCC1. The van der Waals surface area contributed by atoms with Gasteiger partial charge in [-0.15, -0.1) is 0 Å². The van der Waals surface area contributed by atoms with E-state index < -0.39 is 0 Å². The van der Waals surface area contributed by atoms with E-state index in [1.54, 1.807) is 0 Å². The number of nitrogens with zero attached hydrogens (tertiary/aromatic N) is 1. The summed E-state index contributed by atoms with van der Waals surface area (Å²) in [5.41, 5.74) is 6.67. The fraction of sp³-hybridized carbons (Fsp3) is 0.500. The highest BCUT2D eigenvalue weighted by Crippen LogP contribution is 2.22. The molecule has 2 heteroatoms. The Morgan fingerprint density at radius 2 is 1.94 bits per heavy atom. The van der Waals surface area contributed by atoms with Crippen LogP contribution < -0.4 is 5.32 Å². The predicted octanol–water partition coefficient (Wildman–Crippen LogP) is 8.54. The quantitative estimate of drug-likeness (QED) is 0.409. The van der Waals surface area contributed by atoms with Crippen LogP contribution >= 0.6 is 0 Å². The lowest BCUT2D eigenvalue weighted by Gasteiger charge is -2.22. The van der Waals surface area contributed by atoms with E-state index in [-0.39, 0.29) is 0 Å². The number of benzene rings is 1. The first-order valence-corrected chi connectivity index (χ1v) is 12.5. The van der Waals surface area contributed by atoms with E-state index in [0.29, 0.717) is 6.04 Å². The van der Waals surface area contributed by atoms with Gasteiger partial charge >= 0.3 is 0 Å². The van der Waals surface area contributed by atoms with Gasteiger partial charge in [-0.25, -0.2) is 0 Å². The third kappa shape index (κ3) is 9.42. The molecule has 0 spiro atoms.